The minimum atomic E-state index is 0.0653. The predicted octanol–water partition coefficient (Wildman–Crippen LogP) is 1.03. The zero-order valence-electron chi connectivity index (χ0n) is 9.95. The summed E-state index contributed by atoms with van der Waals surface area (Å²) in [5, 5.41) is 4.69. The third-order valence-electron chi connectivity index (χ3n) is 3.26. The van der Waals surface area contributed by atoms with Crippen LogP contribution in [-0.2, 0) is 9.63 Å². The van der Waals surface area contributed by atoms with Crippen molar-refractivity contribution in [2.75, 3.05) is 27.2 Å². The van der Waals surface area contributed by atoms with Gasteiger partial charge in [-0.1, -0.05) is 6.92 Å². The highest BCUT2D eigenvalue weighted by atomic mass is 16.7. The van der Waals surface area contributed by atoms with E-state index in [9.17, 15) is 4.79 Å². The second-order valence-electron chi connectivity index (χ2n) is 4.36. The van der Waals surface area contributed by atoms with Gasteiger partial charge in [-0.05, 0) is 37.8 Å². The molecule has 15 heavy (non-hydrogen) atoms. The Bertz CT molecular complexity index is 203. The third kappa shape index (κ3) is 3.80. The van der Waals surface area contributed by atoms with Crippen LogP contribution in [0.4, 0.5) is 0 Å². The summed E-state index contributed by atoms with van der Waals surface area (Å²) >= 11 is 0. The Kier molecular flexibility index (Phi) is 5.05. The zero-order valence-corrected chi connectivity index (χ0v) is 9.95. The van der Waals surface area contributed by atoms with E-state index in [4.69, 9.17) is 4.84 Å². The monoisotopic (exact) mass is 214 g/mol. The van der Waals surface area contributed by atoms with E-state index in [0.717, 1.165) is 13.1 Å². The molecule has 2 unspecified atom stereocenters. The molecule has 0 spiro atoms. The van der Waals surface area contributed by atoms with Crippen LogP contribution >= 0.6 is 0 Å². The first-order chi connectivity index (χ1) is 7.15. The van der Waals surface area contributed by atoms with Crippen LogP contribution in [0.25, 0.3) is 0 Å². The molecule has 2 atom stereocenters. The van der Waals surface area contributed by atoms with Crippen LogP contribution in [0.2, 0.25) is 0 Å². The molecule has 0 aromatic carbocycles. The van der Waals surface area contributed by atoms with E-state index in [0.29, 0.717) is 18.3 Å². The number of piperidine rings is 1. The van der Waals surface area contributed by atoms with Crippen molar-refractivity contribution in [1.82, 2.24) is 10.4 Å². The molecular weight excluding hydrogens is 192 g/mol. The summed E-state index contributed by atoms with van der Waals surface area (Å²) in [6.07, 6.45) is 3.04. The van der Waals surface area contributed by atoms with Gasteiger partial charge in [0.2, 0.25) is 5.91 Å². The van der Waals surface area contributed by atoms with Crippen molar-refractivity contribution in [3.05, 3.63) is 0 Å². The van der Waals surface area contributed by atoms with Gasteiger partial charge in [0.05, 0.1) is 7.11 Å². The van der Waals surface area contributed by atoms with Gasteiger partial charge in [-0.15, -0.1) is 0 Å². The molecule has 1 rings (SSSR count). The van der Waals surface area contributed by atoms with Gasteiger partial charge in [0.15, 0.2) is 0 Å². The second kappa shape index (κ2) is 6.08. The van der Waals surface area contributed by atoms with Crippen molar-refractivity contribution in [1.29, 1.82) is 0 Å². The number of rotatable bonds is 4. The van der Waals surface area contributed by atoms with Crippen molar-refractivity contribution in [3.63, 3.8) is 0 Å². The average molecular weight is 214 g/mol. The molecule has 0 radical (unpaired) electrons. The minimum Gasteiger partial charge on any atom is -0.316 e. The van der Waals surface area contributed by atoms with Crippen LogP contribution in [0, 0.1) is 11.8 Å². The quantitative estimate of drug-likeness (QED) is 0.711. The summed E-state index contributed by atoms with van der Waals surface area (Å²) in [6, 6.07) is 0. The number of nitrogens with zero attached hydrogens (tertiary/aromatic N) is 1. The second-order valence-corrected chi connectivity index (χ2v) is 4.36. The number of hydrogen-bond donors (Lipinski definition) is 1. The summed E-state index contributed by atoms with van der Waals surface area (Å²) in [4.78, 5) is 16.5. The van der Waals surface area contributed by atoms with Crippen molar-refractivity contribution < 1.29 is 9.63 Å². The van der Waals surface area contributed by atoms with Gasteiger partial charge in [-0.25, -0.2) is 5.06 Å². The highest BCUT2D eigenvalue weighted by Gasteiger charge is 2.23. The molecule has 4 heteroatoms. The number of amides is 1. The summed E-state index contributed by atoms with van der Waals surface area (Å²) in [6.45, 7) is 4.32. The van der Waals surface area contributed by atoms with E-state index in [1.165, 1.54) is 25.0 Å². The average Bonchev–Trinajstić information content (AvgIpc) is 2.29. The van der Waals surface area contributed by atoms with Crippen LogP contribution < -0.4 is 5.32 Å². The Hall–Kier alpha value is -0.610. The lowest BCUT2D eigenvalue weighted by Crippen LogP contribution is -2.35. The summed E-state index contributed by atoms with van der Waals surface area (Å²) < 4.78 is 0. The Morgan fingerprint density at radius 1 is 1.67 bits per heavy atom. The smallest absolute Gasteiger partial charge is 0.246 e. The van der Waals surface area contributed by atoms with E-state index in [2.05, 4.69) is 12.2 Å². The molecule has 0 aromatic heterocycles. The first-order valence-corrected chi connectivity index (χ1v) is 5.66. The van der Waals surface area contributed by atoms with Gasteiger partial charge in [0.25, 0.3) is 0 Å². The molecule has 88 valence electrons. The van der Waals surface area contributed by atoms with Crippen molar-refractivity contribution in [3.8, 4) is 0 Å². The van der Waals surface area contributed by atoms with Gasteiger partial charge in [0.1, 0.15) is 0 Å². The highest BCUT2D eigenvalue weighted by molar-refractivity contribution is 5.75. The predicted molar refractivity (Wildman–Crippen MR) is 59.2 cm³/mol. The molecule has 4 nitrogen and oxygen atoms in total. The van der Waals surface area contributed by atoms with Crippen molar-refractivity contribution in [2.45, 2.75) is 26.2 Å². The number of hydroxylamine groups is 2. The van der Waals surface area contributed by atoms with Crippen LogP contribution in [0.3, 0.4) is 0 Å². The van der Waals surface area contributed by atoms with E-state index in [-0.39, 0.29) is 5.91 Å². The molecular formula is C11H22N2O2. The maximum atomic E-state index is 11.6. The fourth-order valence-corrected chi connectivity index (χ4v) is 2.04. The van der Waals surface area contributed by atoms with Gasteiger partial charge < -0.3 is 5.32 Å². The van der Waals surface area contributed by atoms with Crippen LogP contribution in [-0.4, -0.2) is 38.2 Å². The lowest BCUT2D eigenvalue weighted by molar-refractivity contribution is -0.170. The summed E-state index contributed by atoms with van der Waals surface area (Å²) in [5.74, 6) is 1.13. The summed E-state index contributed by atoms with van der Waals surface area (Å²) in [5.41, 5.74) is 0. The standard InChI is InChI=1S/C11H22N2O2/c1-9(7-11(14)13(2)15-3)10-5-4-6-12-8-10/h9-10,12H,4-8H2,1-3H3. The minimum absolute atomic E-state index is 0.0653. The molecule has 0 bridgehead atoms. The van der Waals surface area contributed by atoms with E-state index < -0.39 is 0 Å². The molecule has 0 aliphatic carbocycles. The van der Waals surface area contributed by atoms with Crippen LogP contribution in [0.5, 0.6) is 0 Å². The van der Waals surface area contributed by atoms with Gasteiger partial charge in [0, 0.05) is 13.5 Å². The first kappa shape index (κ1) is 12.5. The van der Waals surface area contributed by atoms with Crippen LogP contribution in [0.1, 0.15) is 26.2 Å². The lowest BCUT2D eigenvalue weighted by Gasteiger charge is -2.28. The fraction of sp³-hybridized carbons (Fsp3) is 0.909. The maximum absolute atomic E-state index is 11.6. The number of carbonyl (C=O) groups excluding carboxylic acids is 1. The van der Waals surface area contributed by atoms with Gasteiger partial charge in [-0.3, -0.25) is 9.63 Å². The molecule has 0 aromatic rings. The SMILES string of the molecule is CON(C)C(=O)CC(C)C1CCCNC1. The lowest BCUT2D eigenvalue weighted by atomic mass is 9.85. The zero-order chi connectivity index (χ0) is 11.3. The summed E-state index contributed by atoms with van der Waals surface area (Å²) in [7, 11) is 3.18. The molecule has 1 aliphatic rings. The molecule has 1 saturated heterocycles. The molecule has 1 fully saturated rings. The Morgan fingerprint density at radius 3 is 2.93 bits per heavy atom. The fourth-order valence-electron chi connectivity index (χ4n) is 2.04. The Morgan fingerprint density at radius 2 is 2.40 bits per heavy atom. The Labute approximate surface area is 91.9 Å². The number of hydrogen-bond acceptors (Lipinski definition) is 3. The molecule has 1 N–H and O–H groups in total. The molecule has 0 saturated carbocycles. The van der Waals surface area contributed by atoms with E-state index in [1.807, 2.05) is 0 Å². The highest BCUT2D eigenvalue weighted by Crippen LogP contribution is 2.22. The van der Waals surface area contributed by atoms with E-state index in [1.54, 1.807) is 7.05 Å². The molecule has 1 amide bonds. The van der Waals surface area contributed by atoms with Crippen molar-refractivity contribution >= 4 is 5.91 Å². The number of nitrogens with one attached hydrogen (secondary N) is 1. The first-order valence-electron chi connectivity index (χ1n) is 5.66. The van der Waals surface area contributed by atoms with Crippen molar-refractivity contribution in [2.24, 2.45) is 11.8 Å². The maximum Gasteiger partial charge on any atom is 0.246 e. The normalized spacial score (nSPS) is 23.5. The van der Waals surface area contributed by atoms with Gasteiger partial charge in [-0.2, -0.15) is 0 Å². The van der Waals surface area contributed by atoms with Crippen LogP contribution in [0.15, 0.2) is 0 Å². The molecule has 1 heterocycles. The topological polar surface area (TPSA) is 41.6 Å². The Balaban J connectivity index is 2.33. The molecule has 1 aliphatic heterocycles. The largest absolute Gasteiger partial charge is 0.316 e. The van der Waals surface area contributed by atoms with E-state index >= 15 is 0 Å². The third-order valence-corrected chi connectivity index (χ3v) is 3.26. The number of carbonyl (C=O) groups is 1. The van der Waals surface area contributed by atoms with Gasteiger partial charge >= 0.3 is 0 Å².